The normalized spacial score (nSPS) is 21.7. The fourth-order valence-corrected chi connectivity index (χ4v) is 7.93. The highest BCUT2D eigenvalue weighted by atomic mass is 32.2. The zero-order valence-electron chi connectivity index (χ0n) is 36.3. The molecule has 2 fully saturated rings. The lowest BCUT2D eigenvalue weighted by atomic mass is 9.88. The number of aromatic nitrogens is 1. The number of nitrogens with one attached hydrogen (secondary N) is 4. The summed E-state index contributed by atoms with van der Waals surface area (Å²) in [6.07, 6.45) is 3.36. The van der Waals surface area contributed by atoms with Crippen molar-refractivity contribution in [1.29, 1.82) is 0 Å². The van der Waals surface area contributed by atoms with E-state index < -0.39 is 63.2 Å². The highest BCUT2D eigenvalue weighted by Crippen LogP contribution is 2.43. The second kappa shape index (κ2) is 24.1. The number of rotatable bonds is 7. The number of allylic oxidation sites excluding steroid dienone is 1. The first-order valence-corrected chi connectivity index (χ1v) is 21.6. The summed E-state index contributed by atoms with van der Waals surface area (Å²) in [5.74, 6) is -0.390. The van der Waals surface area contributed by atoms with Crippen LogP contribution in [0, 0.1) is 11.8 Å². The molecule has 3 aliphatic rings. The Morgan fingerprint density at radius 1 is 1.02 bits per heavy atom. The van der Waals surface area contributed by atoms with Crippen molar-refractivity contribution in [3.63, 3.8) is 0 Å². The first kappa shape index (κ1) is 55.1. The number of amides is 4. The Morgan fingerprint density at radius 2 is 1.63 bits per heavy atom. The minimum Gasteiger partial charge on any atom is -0.493 e. The van der Waals surface area contributed by atoms with Gasteiger partial charge in [-0.2, -0.15) is 13.2 Å². The van der Waals surface area contributed by atoms with Gasteiger partial charge >= 0.3 is 12.3 Å². The number of fused-ring (bicyclic) bond motifs is 2. The molecule has 2 aliphatic heterocycles. The molecule has 0 bridgehead atoms. The number of pyridine rings is 1. The molecule has 1 aliphatic carbocycles. The summed E-state index contributed by atoms with van der Waals surface area (Å²) in [6, 6.07) is 3.51. The van der Waals surface area contributed by atoms with Gasteiger partial charge < -0.3 is 34.7 Å². The Bertz CT molecular complexity index is 2020. The van der Waals surface area contributed by atoms with Gasteiger partial charge in [0.1, 0.15) is 23.5 Å². The van der Waals surface area contributed by atoms with Gasteiger partial charge in [-0.25, -0.2) is 17.6 Å². The summed E-state index contributed by atoms with van der Waals surface area (Å²) < 4.78 is 89.4. The van der Waals surface area contributed by atoms with Crippen LogP contribution in [-0.2, 0) is 29.1 Å². The average Bonchev–Trinajstić information content (AvgIpc) is 3.86. The summed E-state index contributed by atoms with van der Waals surface area (Å²) in [6.45, 7) is 10.2. The highest BCUT2D eigenvalue weighted by Gasteiger charge is 2.55. The number of carbonyl (C=O) groups is 4. The lowest BCUT2D eigenvalue weighted by molar-refractivity contribution is -0.244. The van der Waals surface area contributed by atoms with Gasteiger partial charge in [-0.1, -0.05) is 47.3 Å². The van der Waals surface area contributed by atoms with E-state index in [4.69, 9.17) is 9.47 Å². The first-order chi connectivity index (χ1) is 28.5. The van der Waals surface area contributed by atoms with Crippen LogP contribution in [0.1, 0.15) is 105 Å². The van der Waals surface area contributed by atoms with Crippen LogP contribution in [0.4, 0.5) is 22.4 Å². The van der Waals surface area contributed by atoms with Crippen LogP contribution in [0.3, 0.4) is 0 Å². The van der Waals surface area contributed by atoms with Gasteiger partial charge in [0.25, 0.3) is 5.56 Å². The number of benzene rings is 1. The molecule has 15 nitrogen and oxygen atoms in total. The Labute approximate surface area is 366 Å². The number of aromatic amines is 1. The van der Waals surface area contributed by atoms with Gasteiger partial charge in [0.2, 0.25) is 33.3 Å². The standard InChI is InChI=1S/C22H34F3N3O4.C11H11NO3.C6H10FNO3S.C2H6.CH4.3H2/c1-14-9-6-5-7-11-26-18(29)16-10-8-12-28(16)19(30)17(15(2)13-14)27-20(31)32-21(3,4)22(23,24)25;1-14-9-5-7-3-4-12-11(13)8(7)6-10(9)15-2;1-5(9)8-12(10,11)6(4-7)2-3-6;1-2;;;;/h5,7,14-17H,6,8-13H2,1-4H3,(H,26,29)(H,27,31);3-6H,1-2H3,(H,12,13);2-4H2,1H3,(H,8,9);1-2H3;1H4;3*1H/b7-5-;;;;;;;/t14-,15-,16+,17?;;;;;;;/m1......./s1. The second-order valence-corrected chi connectivity index (χ2v) is 17.5. The number of hydrogen-bond acceptors (Lipinski definition) is 10. The number of ether oxygens (including phenoxy) is 3. The number of sulfonamides is 1. The maximum atomic E-state index is 13.4. The van der Waals surface area contributed by atoms with E-state index in [2.05, 4.69) is 20.4 Å². The number of H-pyrrole nitrogens is 1. The molecule has 4 amide bonds. The van der Waals surface area contributed by atoms with E-state index in [0.29, 0.717) is 62.1 Å². The number of carbonyl (C=O) groups excluding carboxylic acids is 4. The molecule has 4 atom stereocenters. The van der Waals surface area contributed by atoms with Crippen LogP contribution >= 0.6 is 0 Å². The minimum atomic E-state index is -4.76. The molecule has 62 heavy (non-hydrogen) atoms. The molecule has 1 aromatic heterocycles. The molecule has 1 unspecified atom stereocenters. The number of halogens is 4. The van der Waals surface area contributed by atoms with Gasteiger partial charge in [-0.05, 0) is 94.2 Å². The molecule has 1 aromatic carbocycles. The topological polar surface area (TPSA) is 202 Å². The zero-order chi connectivity index (χ0) is 46.3. The highest BCUT2D eigenvalue weighted by molar-refractivity contribution is 7.91. The van der Waals surface area contributed by atoms with Crippen LogP contribution < -0.4 is 30.4 Å². The first-order valence-electron chi connectivity index (χ1n) is 20.1. The SMILES string of the molecule is C.CC.CC(=O)NS(=O)(=O)C1(CF)CC1.COc1cc2cc[nH]c(=O)c2cc1OC.C[C@@H]1CC/C=C\CNC(=O)[C@@H]2CCCN2C(=O)C(NC(=O)OC(C)(C)C(F)(F)F)[C@H](C)C1.[HH].[HH].[HH]. The van der Waals surface area contributed by atoms with Gasteiger partial charge in [0.15, 0.2) is 11.5 Å². The fraction of sp³-hybridized carbons (Fsp3) is 0.643. The Kier molecular flexibility index (Phi) is 21.4. The molecule has 20 heteroatoms. The van der Waals surface area contributed by atoms with E-state index in [0.717, 1.165) is 39.0 Å². The van der Waals surface area contributed by atoms with Crippen LogP contribution in [-0.4, -0.2) is 105 Å². The number of methoxy groups -OCH3 is 2. The predicted molar refractivity (Wildman–Crippen MR) is 235 cm³/mol. The number of hydrogen-bond donors (Lipinski definition) is 4. The third-order valence-corrected chi connectivity index (χ3v) is 12.5. The van der Waals surface area contributed by atoms with E-state index in [-0.39, 0.29) is 35.0 Å². The van der Waals surface area contributed by atoms with Gasteiger partial charge in [0, 0.05) is 30.5 Å². The summed E-state index contributed by atoms with van der Waals surface area (Å²) in [5.41, 5.74) is -2.84. The third kappa shape index (κ3) is 14.9. The number of alkyl halides is 4. The summed E-state index contributed by atoms with van der Waals surface area (Å²) in [5, 5.41) is 6.60. The molecule has 358 valence electrons. The molecule has 2 aromatic rings. The molecule has 3 heterocycles. The number of nitrogens with zero attached hydrogens (tertiary/aromatic N) is 1. The van der Waals surface area contributed by atoms with Crippen molar-refractivity contribution in [3.8, 4) is 11.5 Å². The van der Waals surface area contributed by atoms with Crippen molar-refractivity contribution in [2.45, 2.75) is 129 Å². The summed E-state index contributed by atoms with van der Waals surface area (Å²) in [4.78, 5) is 64.3. The molecular weight excluding hydrogens is 843 g/mol. The van der Waals surface area contributed by atoms with Crippen LogP contribution in [0.15, 0.2) is 41.3 Å². The van der Waals surface area contributed by atoms with Crippen molar-refractivity contribution < 1.29 is 63.6 Å². The van der Waals surface area contributed by atoms with E-state index in [9.17, 15) is 50.0 Å². The Morgan fingerprint density at radius 3 is 2.18 bits per heavy atom. The third-order valence-electron chi connectivity index (χ3n) is 10.3. The predicted octanol–water partition coefficient (Wildman–Crippen LogP) is 7.44. The van der Waals surface area contributed by atoms with E-state index >= 15 is 0 Å². The van der Waals surface area contributed by atoms with E-state index in [1.54, 1.807) is 44.2 Å². The molecular formula is C42H71F4N5O10S. The molecule has 5 rings (SSSR count). The lowest BCUT2D eigenvalue weighted by Gasteiger charge is -2.34. The van der Waals surface area contributed by atoms with Gasteiger partial charge in [-0.3, -0.25) is 23.9 Å². The average molecular weight is 914 g/mol. The van der Waals surface area contributed by atoms with Crippen molar-refractivity contribution in [2.24, 2.45) is 11.8 Å². The molecule has 1 saturated heterocycles. The van der Waals surface area contributed by atoms with Gasteiger partial charge in [-0.15, -0.1) is 0 Å². The molecule has 0 radical (unpaired) electrons. The van der Waals surface area contributed by atoms with Crippen molar-refractivity contribution in [3.05, 3.63) is 46.9 Å². The Hall–Kier alpha value is -4.88. The Balaban J connectivity index is -0.000000969. The maximum absolute atomic E-state index is 13.4. The molecule has 4 N–H and O–H groups in total. The van der Waals surface area contributed by atoms with Crippen LogP contribution in [0.25, 0.3) is 10.8 Å². The minimum absolute atomic E-state index is 0. The fourth-order valence-electron chi connectivity index (χ4n) is 6.55. The summed E-state index contributed by atoms with van der Waals surface area (Å²) in [7, 11) is -0.664. The number of alkyl carbamates (subject to hydrolysis) is 1. The quantitative estimate of drug-likeness (QED) is 0.160. The van der Waals surface area contributed by atoms with Crippen molar-refractivity contribution in [1.82, 2.24) is 25.2 Å². The van der Waals surface area contributed by atoms with E-state index in [1.165, 1.54) is 4.90 Å². The zero-order valence-corrected chi connectivity index (χ0v) is 37.1. The second-order valence-electron chi connectivity index (χ2n) is 15.4. The largest absolute Gasteiger partial charge is 0.493 e. The molecule has 1 saturated carbocycles. The van der Waals surface area contributed by atoms with Gasteiger partial charge in [0.05, 0.1) is 19.6 Å². The maximum Gasteiger partial charge on any atom is 0.427 e. The smallest absolute Gasteiger partial charge is 0.427 e. The van der Waals surface area contributed by atoms with E-state index in [1.807, 2.05) is 39.0 Å². The van der Waals surface area contributed by atoms with Crippen molar-refractivity contribution >= 4 is 44.6 Å². The monoisotopic (exact) mass is 913 g/mol. The van der Waals surface area contributed by atoms with Crippen molar-refractivity contribution in [2.75, 3.05) is 34.0 Å². The van der Waals surface area contributed by atoms with Crippen LogP contribution in [0.5, 0.6) is 11.5 Å². The van der Waals surface area contributed by atoms with Crippen LogP contribution in [0.2, 0.25) is 0 Å². The summed E-state index contributed by atoms with van der Waals surface area (Å²) >= 11 is 0. The lowest BCUT2D eigenvalue weighted by Crippen LogP contribution is -2.57. The molecule has 0 spiro atoms.